The standard InChI is InChI=1S/C18H18F2N4O3S2/c19-17(20)14(7-21)8-24-18(25)23(11-22-24)9-15-4-5-16(28-15)13-3-1-2-12(6-13)10-29(26)27/h1-6,11H,7-10,21H2,(H,26,27)/p-1. The molecule has 0 aliphatic heterocycles. The highest BCUT2D eigenvalue weighted by Gasteiger charge is 2.12. The summed E-state index contributed by atoms with van der Waals surface area (Å²) in [5, 5.41) is 3.88. The van der Waals surface area contributed by atoms with Crippen molar-refractivity contribution in [2.75, 3.05) is 6.54 Å². The molecule has 3 aromatic rings. The van der Waals surface area contributed by atoms with Crippen LogP contribution >= 0.6 is 11.3 Å². The molecule has 0 bridgehead atoms. The second kappa shape index (κ2) is 9.35. The van der Waals surface area contributed by atoms with Crippen molar-refractivity contribution >= 4 is 22.4 Å². The van der Waals surface area contributed by atoms with Crippen molar-refractivity contribution in [3.63, 3.8) is 0 Å². The molecular weight excluding hydrogens is 422 g/mol. The largest absolute Gasteiger partial charge is 0.772 e. The van der Waals surface area contributed by atoms with E-state index in [-0.39, 0.29) is 31.0 Å². The molecule has 29 heavy (non-hydrogen) atoms. The van der Waals surface area contributed by atoms with Gasteiger partial charge in [-0.1, -0.05) is 29.3 Å². The van der Waals surface area contributed by atoms with Crippen LogP contribution in [-0.2, 0) is 29.9 Å². The van der Waals surface area contributed by atoms with Crippen molar-refractivity contribution in [3.8, 4) is 10.4 Å². The fourth-order valence-electron chi connectivity index (χ4n) is 2.71. The number of rotatable bonds is 8. The van der Waals surface area contributed by atoms with Crippen LogP contribution in [0.25, 0.3) is 10.4 Å². The maximum atomic E-state index is 12.7. The first-order valence-corrected chi connectivity index (χ1v) is 10.5. The Balaban J connectivity index is 1.77. The van der Waals surface area contributed by atoms with E-state index in [0.717, 1.165) is 20.0 Å². The molecule has 3 rings (SSSR count). The molecule has 0 saturated carbocycles. The van der Waals surface area contributed by atoms with Crippen LogP contribution in [0.15, 0.2) is 59.2 Å². The third-order valence-electron chi connectivity index (χ3n) is 4.14. The summed E-state index contributed by atoms with van der Waals surface area (Å²) in [7, 11) is 0. The lowest BCUT2D eigenvalue weighted by Crippen LogP contribution is -2.27. The van der Waals surface area contributed by atoms with E-state index in [1.807, 2.05) is 24.3 Å². The second-order valence-corrected chi connectivity index (χ2v) is 8.25. The minimum atomic E-state index is -2.16. The van der Waals surface area contributed by atoms with Gasteiger partial charge in [-0.15, -0.1) is 11.3 Å². The number of benzene rings is 1. The van der Waals surface area contributed by atoms with Crippen LogP contribution in [0, 0.1) is 0 Å². The molecule has 1 unspecified atom stereocenters. The summed E-state index contributed by atoms with van der Waals surface area (Å²) < 4.78 is 49.6. The Hall–Kier alpha value is -2.47. The van der Waals surface area contributed by atoms with Crippen LogP contribution in [0.4, 0.5) is 8.78 Å². The fourth-order valence-corrected chi connectivity index (χ4v) is 4.16. The SMILES string of the molecule is NCC(Cn1ncn(Cc2ccc(-c3cccc(CS(=O)[O-])c3)s2)c1=O)=C(F)F. The summed E-state index contributed by atoms with van der Waals surface area (Å²) >= 11 is -0.713. The molecule has 0 amide bonds. The number of hydrogen-bond acceptors (Lipinski definition) is 6. The molecule has 11 heteroatoms. The Morgan fingerprint density at radius 3 is 2.76 bits per heavy atom. The molecule has 7 nitrogen and oxygen atoms in total. The zero-order valence-corrected chi connectivity index (χ0v) is 16.7. The molecule has 0 radical (unpaired) electrons. The molecule has 2 N–H and O–H groups in total. The zero-order chi connectivity index (χ0) is 21.0. The van der Waals surface area contributed by atoms with E-state index < -0.39 is 22.9 Å². The number of thiophene rings is 1. The third kappa shape index (κ3) is 5.32. The van der Waals surface area contributed by atoms with Gasteiger partial charge in [0, 0.05) is 27.6 Å². The lowest BCUT2D eigenvalue weighted by atomic mass is 10.1. The van der Waals surface area contributed by atoms with Crippen molar-refractivity contribution < 1.29 is 17.5 Å². The lowest BCUT2D eigenvalue weighted by Gasteiger charge is -2.06. The van der Waals surface area contributed by atoms with Gasteiger partial charge in [0.25, 0.3) is 6.08 Å². The Morgan fingerprint density at radius 2 is 2.07 bits per heavy atom. The third-order valence-corrected chi connectivity index (χ3v) is 5.82. The first-order valence-electron chi connectivity index (χ1n) is 8.46. The van der Waals surface area contributed by atoms with Gasteiger partial charge in [-0.25, -0.2) is 9.48 Å². The highest BCUT2D eigenvalue weighted by molar-refractivity contribution is 7.78. The predicted octanol–water partition coefficient (Wildman–Crippen LogP) is 2.31. The van der Waals surface area contributed by atoms with E-state index in [2.05, 4.69) is 5.10 Å². The van der Waals surface area contributed by atoms with Crippen LogP contribution in [0.1, 0.15) is 10.4 Å². The maximum Gasteiger partial charge on any atom is 0.346 e. The monoisotopic (exact) mass is 439 g/mol. The molecule has 2 aromatic heterocycles. The summed E-state index contributed by atoms with van der Waals surface area (Å²) in [6.45, 7) is -0.462. The van der Waals surface area contributed by atoms with Crippen LogP contribution in [-0.4, -0.2) is 29.7 Å². The smallest absolute Gasteiger partial charge is 0.346 e. The first kappa shape index (κ1) is 21.2. The first-order chi connectivity index (χ1) is 13.9. The van der Waals surface area contributed by atoms with Crippen molar-refractivity contribution in [1.82, 2.24) is 14.3 Å². The van der Waals surface area contributed by atoms with Crippen LogP contribution < -0.4 is 11.4 Å². The van der Waals surface area contributed by atoms with Crippen molar-refractivity contribution in [2.45, 2.75) is 18.8 Å². The molecule has 1 aromatic carbocycles. The summed E-state index contributed by atoms with van der Waals surface area (Å²) in [6, 6.07) is 11.0. The summed E-state index contributed by atoms with van der Waals surface area (Å²) in [5.74, 6) is -0.0562. The normalized spacial score (nSPS) is 12.1. The van der Waals surface area contributed by atoms with E-state index >= 15 is 0 Å². The van der Waals surface area contributed by atoms with E-state index in [9.17, 15) is 22.3 Å². The van der Waals surface area contributed by atoms with E-state index in [4.69, 9.17) is 5.73 Å². The summed E-state index contributed by atoms with van der Waals surface area (Å²) in [5.41, 5.74) is 6.00. The predicted molar refractivity (Wildman–Crippen MR) is 106 cm³/mol. The van der Waals surface area contributed by atoms with Gasteiger partial charge in [0.2, 0.25) is 0 Å². The average Bonchev–Trinajstić information content (AvgIpc) is 3.27. The molecule has 2 heterocycles. The molecular formula is C18H17F2N4O3S2-. The Morgan fingerprint density at radius 1 is 1.28 bits per heavy atom. The van der Waals surface area contributed by atoms with Gasteiger partial charge in [-0.05, 0) is 29.3 Å². The number of nitrogens with two attached hydrogens (primary N) is 1. The maximum absolute atomic E-state index is 12.7. The molecule has 0 saturated heterocycles. The molecule has 0 aliphatic rings. The van der Waals surface area contributed by atoms with Crippen LogP contribution in [0.5, 0.6) is 0 Å². The number of nitrogens with zero attached hydrogens (tertiary/aromatic N) is 3. The van der Waals surface area contributed by atoms with Gasteiger partial charge < -0.3 is 10.3 Å². The summed E-state index contributed by atoms with van der Waals surface area (Å²) in [6.07, 6.45) is -0.601. The second-order valence-electron chi connectivity index (χ2n) is 6.18. The van der Waals surface area contributed by atoms with Gasteiger partial charge in [0.1, 0.15) is 6.33 Å². The highest BCUT2D eigenvalue weighted by atomic mass is 32.2. The van der Waals surface area contributed by atoms with E-state index in [1.165, 1.54) is 22.2 Å². The molecule has 1 atom stereocenters. The Labute approximate surface area is 171 Å². The Kier molecular flexibility index (Phi) is 6.85. The zero-order valence-electron chi connectivity index (χ0n) is 15.1. The fraction of sp³-hybridized carbons (Fsp3) is 0.222. The number of hydrogen-bond donors (Lipinski definition) is 1. The van der Waals surface area contributed by atoms with Crippen molar-refractivity contribution in [1.29, 1.82) is 0 Å². The van der Waals surface area contributed by atoms with Crippen LogP contribution in [0.3, 0.4) is 0 Å². The van der Waals surface area contributed by atoms with Gasteiger partial charge in [0.05, 0.1) is 13.1 Å². The Bertz CT molecular complexity index is 1120. The average molecular weight is 439 g/mol. The quantitative estimate of drug-likeness (QED) is 0.542. The minimum absolute atomic E-state index is 0.0562. The van der Waals surface area contributed by atoms with Crippen LogP contribution in [0.2, 0.25) is 0 Å². The number of aromatic nitrogens is 3. The van der Waals surface area contributed by atoms with Crippen molar-refractivity contribution in [2.24, 2.45) is 5.73 Å². The highest BCUT2D eigenvalue weighted by Crippen LogP contribution is 2.29. The van der Waals surface area contributed by atoms with Gasteiger partial charge in [0.15, 0.2) is 0 Å². The van der Waals surface area contributed by atoms with Gasteiger partial charge in [-0.2, -0.15) is 13.9 Å². The number of halogens is 2. The lowest BCUT2D eigenvalue weighted by molar-refractivity contribution is 0.400. The van der Waals surface area contributed by atoms with Gasteiger partial charge >= 0.3 is 5.69 Å². The van der Waals surface area contributed by atoms with E-state index in [1.54, 1.807) is 12.1 Å². The molecule has 0 aliphatic carbocycles. The van der Waals surface area contributed by atoms with Gasteiger partial charge in [-0.3, -0.25) is 8.78 Å². The van der Waals surface area contributed by atoms with Crippen molar-refractivity contribution in [3.05, 3.63) is 75.3 Å². The summed E-state index contributed by atoms with van der Waals surface area (Å²) in [4.78, 5) is 14.2. The molecule has 154 valence electrons. The van der Waals surface area contributed by atoms with E-state index in [0.29, 0.717) is 5.56 Å². The topological polar surface area (TPSA) is 106 Å². The minimum Gasteiger partial charge on any atom is -0.772 e. The molecule has 0 fully saturated rings. The molecule has 0 spiro atoms.